The summed E-state index contributed by atoms with van der Waals surface area (Å²) in [6, 6.07) is 10.9. The quantitative estimate of drug-likeness (QED) is 0.680. The van der Waals surface area contributed by atoms with Crippen molar-refractivity contribution in [2.24, 2.45) is 5.73 Å². The van der Waals surface area contributed by atoms with E-state index in [0.717, 1.165) is 31.6 Å². The number of nitrogens with zero attached hydrogens (tertiary/aromatic N) is 1. The van der Waals surface area contributed by atoms with Gasteiger partial charge in [-0.05, 0) is 45.8 Å². The molecule has 0 aliphatic rings. The Morgan fingerprint density at radius 2 is 1.95 bits per heavy atom. The van der Waals surface area contributed by atoms with Crippen molar-refractivity contribution in [2.75, 3.05) is 20.1 Å². The molecule has 0 amide bonds. The third-order valence-corrected chi connectivity index (χ3v) is 3.67. The summed E-state index contributed by atoms with van der Waals surface area (Å²) in [5.74, 6) is 0. The molecule has 0 aliphatic heterocycles. The maximum absolute atomic E-state index is 6.17. The van der Waals surface area contributed by atoms with E-state index in [1.54, 1.807) is 0 Å². The number of benzene rings is 1. The lowest BCUT2D eigenvalue weighted by atomic mass is 10.0. The summed E-state index contributed by atoms with van der Waals surface area (Å²) in [5.41, 5.74) is 8.35. The minimum Gasteiger partial charge on any atom is -0.387 e. The zero-order chi connectivity index (χ0) is 15.0. The van der Waals surface area contributed by atoms with Crippen molar-refractivity contribution in [1.82, 2.24) is 10.2 Å². The molecule has 1 aromatic rings. The van der Waals surface area contributed by atoms with Crippen molar-refractivity contribution >= 4 is 0 Å². The van der Waals surface area contributed by atoms with Gasteiger partial charge in [-0.3, -0.25) is 0 Å². The summed E-state index contributed by atoms with van der Waals surface area (Å²) in [6.07, 6.45) is 1.93. The van der Waals surface area contributed by atoms with Crippen molar-refractivity contribution in [3.05, 3.63) is 48.2 Å². The van der Waals surface area contributed by atoms with Gasteiger partial charge in [-0.15, -0.1) is 0 Å². The van der Waals surface area contributed by atoms with Gasteiger partial charge < -0.3 is 16.0 Å². The van der Waals surface area contributed by atoms with Crippen molar-refractivity contribution in [1.29, 1.82) is 0 Å². The molecule has 0 saturated carbocycles. The van der Waals surface area contributed by atoms with Crippen molar-refractivity contribution in [2.45, 2.75) is 38.8 Å². The lowest BCUT2D eigenvalue weighted by molar-refractivity contribution is 0.270. The van der Waals surface area contributed by atoms with Crippen LogP contribution in [0.3, 0.4) is 0 Å². The van der Waals surface area contributed by atoms with Crippen LogP contribution in [0.1, 0.15) is 25.8 Å². The van der Waals surface area contributed by atoms with Gasteiger partial charge in [0, 0.05) is 24.3 Å². The standard InChI is InChI=1S/C17H29N3/c1-14(2)20(4)12-8-11-19-15(3)17(18)13-16-9-6-5-7-10-16/h5-7,9-10,14,17,19H,3,8,11-13,18H2,1-2,4H3. The molecule has 3 N–H and O–H groups in total. The van der Waals surface area contributed by atoms with E-state index in [0.29, 0.717) is 6.04 Å². The topological polar surface area (TPSA) is 41.3 Å². The molecule has 3 heteroatoms. The molecule has 20 heavy (non-hydrogen) atoms. The van der Waals surface area contributed by atoms with Crippen LogP contribution < -0.4 is 11.1 Å². The molecule has 1 rings (SSSR count). The number of hydrogen-bond acceptors (Lipinski definition) is 3. The second-order valence-electron chi connectivity index (χ2n) is 5.68. The number of rotatable bonds is 9. The van der Waals surface area contributed by atoms with Crippen LogP contribution in [0.5, 0.6) is 0 Å². The van der Waals surface area contributed by atoms with E-state index in [9.17, 15) is 0 Å². The number of nitrogens with one attached hydrogen (secondary N) is 1. The molecule has 0 radical (unpaired) electrons. The van der Waals surface area contributed by atoms with Crippen LogP contribution in [-0.2, 0) is 6.42 Å². The maximum Gasteiger partial charge on any atom is 0.0479 e. The van der Waals surface area contributed by atoms with E-state index < -0.39 is 0 Å². The number of nitrogens with two attached hydrogens (primary N) is 1. The first-order valence-electron chi connectivity index (χ1n) is 7.43. The average molecular weight is 275 g/mol. The predicted octanol–water partition coefficient (Wildman–Crippen LogP) is 2.39. The molecule has 0 fully saturated rings. The zero-order valence-corrected chi connectivity index (χ0v) is 13.1. The Bertz CT molecular complexity index is 386. The highest BCUT2D eigenvalue weighted by Gasteiger charge is 2.08. The zero-order valence-electron chi connectivity index (χ0n) is 13.1. The Labute approximate surface area is 123 Å². The minimum absolute atomic E-state index is 0.0276. The Morgan fingerprint density at radius 1 is 1.30 bits per heavy atom. The molecule has 0 aromatic heterocycles. The second-order valence-corrected chi connectivity index (χ2v) is 5.68. The summed E-state index contributed by atoms with van der Waals surface area (Å²) < 4.78 is 0. The summed E-state index contributed by atoms with van der Waals surface area (Å²) in [5, 5.41) is 3.35. The largest absolute Gasteiger partial charge is 0.387 e. The third-order valence-electron chi connectivity index (χ3n) is 3.67. The highest BCUT2D eigenvalue weighted by molar-refractivity contribution is 5.18. The predicted molar refractivity (Wildman–Crippen MR) is 87.6 cm³/mol. The third kappa shape index (κ3) is 6.22. The summed E-state index contributed by atoms with van der Waals surface area (Å²) in [6.45, 7) is 10.5. The molecule has 1 atom stereocenters. The normalized spacial score (nSPS) is 12.7. The molecule has 0 saturated heterocycles. The van der Waals surface area contributed by atoms with Crippen LogP contribution in [0, 0.1) is 0 Å². The Kier molecular flexibility index (Phi) is 7.34. The average Bonchev–Trinajstić information content (AvgIpc) is 2.43. The van der Waals surface area contributed by atoms with Crippen LogP contribution in [0.25, 0.3) is 0 Å². The van der Waals surface area contributed by atoms with Crippen molar-refractivity contribution in [3.8, 4) is 0 Å². The molecule has 112 valence electrons. The summed E-state index contributed by atoms with van der Waals surface area (Å²) in [7, 11) is 2.15. The highest BCUT2D eigenvalue weighted by Crippen LogP contribution is 2.05. The molecular weight excluding hydrogens is 246 g/mol. The van der Waals surface area contributed by atoms with E-state index in [4.69, 9.17) is 5.73 Å². The fourth-order valence-corrected chi connectivity index (χ4v) is 1.96. The fourth-order valence-electron chi connectivity index (χ4n) is 1.96. The van der Waals surface area contributed by atoms with Gasteiger partial charge in [-0.2, -0.15) is 0 Å². The Balaban J connectivity index is 2.22. The van der Waals surface area contributed by atoms with Gasteiger partial charge in [0.05, 0.1) is 0 Å². The molecule has 1 unspecified atom stereocenters. The molecule has 3 nitrogen and oxygen atoms in total. The van der Waals surface area contributed by atoms with E-state index in [1.807, 2.05) is 18.2 Å². The highest BCUT2D eigenvalue weighted by atomic mass is 15.1. The summed E-state index contributed by atoms with van der Waals surface area (Å²) in [4.78, 5) is 2.34. The minimum atomic E-state index is -0.0276. The van der Waals surface area contributed by atoms with Gasteiger partial charge in [0.1, 0.15) is 0 Å². The van der Waals surface area contributed by atoms with Crippen molar-refractivity contribution in [3.63, 3.8) is 0 Å². The molecule has 0 spiro atoms. The monoisotopic (exact) mass is 275 g/mol. The Morgan fingerprint density at radius 3 is 2.55 bits per heavy atom. The lowest BCUT2D eigenvalue weighted by Gasteiger charge is -2.22. The first kappa shape index (κ1) is 16.7. The van der Waals surface area contributed by atoms with E-state index in [1.165, 1.54) is 5.56 Å². The maximum atomic E-state index is 6.17. The van der Waals surface area contributed by atoms with Gasteiger partial charge in [0.15, 0.2) is 0 Å². The van der Waals surface area contributed by atoms with Gasteiger partial charge >= 0.3 is 0 Å². The van der Waals surface area contributed by atoms with Gasteiger partial charge in [0.2, 0.25) is 0 Å². The van der Waals surface area contributed by atoms with Crippen LogP contribution in [-0.4, -0.2) is 37.1 Å². The molecule has 0 bridgehead atoms. The fraction of sp³-hybridized carbons (Fsp3) is 0.529. The van der Waals surface area contributed by atoms with Gasteiger partial charge in [-0.1, -0.05) is 36.9 Å². The Hall–Kier alpha value is -1.32. The first-order chi connectivity index (χ1) is 9.50. The SMILES string of the molecule is C=C(NCCCN(C)C(C)C)C(N)Cc1ccccc1. The molecule has 1 aromatic carbocycles. The van der Waals surface area contributed by atoms with Crippen LogP contribution in [0.15, 0.2) is 42.6 Å². The first-order valence-corrected chi connectivity index (χ1v) is 7.43. The van der Waals surface area contributed by atoms with Gasteiger partial charge in [0.25, 0.3) is 0 Å². The second kappa shape index (κ2) is 8.77. The number of hydrogen-bond donors (Lipinski definition) is 2. The van der Waals surface area contributed by atoms with E-state index in [-0.39, 0.29) is 6.04 Å². The van der Waals surface area contributed by atoms with E-state index >= 15 is 0 Å². The molecule has 0 aliphatic carbocycles. The van der Waals surface area contributed by atoms with Crippen molar-refractivity contribution < 1.29 is 0 Å². The van der Waals surface area contributed by atoms with Crippen LogP contribution in [0.4, 0.5) is 0 Å². The van der Waals surface area contributed by atoms with Gasteiger partial charge in [-0.25, -0.2) is 0 Å². The van der Waals surface area contributed by atoms with Crippen LogP contribution >= 0.6 is 0 Å². The molecule has 0 heterocycles. The van der Waals surface area contributed by atoms with Crippen LogP contribution in [0.2, 0.25) is 0 Å². The van der Waals surface area contributed by atoms with E-state index in [2.05, 4.69) is 49.8 Å². The molecular formula is C17H29N3. The summed E-state index contributed by atoms with van der Waals surface area (Å²) >= 11 is 0. The lowest BCUT2D eigenvalue weighted by Crippen LogP contribution is -2.34. The smallest absolute Gasteiger partial charge is 0.0479 e.